The van der Waals surface area contributed by atoms with Gasteiger partial charge in [-0.3, -0.25) is 19.7 Å². The number of non-ortho nitro benzene ring substituents is 1. The van der Waals surface area contributed by atoms with Crippen LogP contribution in [0.25, 0.3) is 0 Å². The molecule has 1 aliphatic rings. The lowest BCUT2D eigenvalue weighted by atomic mass is 10.1. The molecular weight excluding hydrogens is 370 g/mol. The van der Waals surface area contributed by atoms with Crippen molar-refractivity contribution in [2.75, 3.05) is 11.9 Å². The lowest BCUT2D eigenvalue weighted by molar-refractivity contribution is -0.384. The highest BCUT2D eigenvalue weighted by Gasteiger charge is 2.28. The van der Waals surface area contributed by atoms with E-state index in [1.54, 1.807) is 6.07 Å². The maximum absolute atomic E-state index is 12.1. The molecule has 9 heteroatoms. The molecular formula is C18H17N3O5S. The Kier molecular flexibility index (Phi) is 5.72. The molecule has 0 aliphatic carbocycles. The quantitative estimate of drug-likeness (QED) is 0.516. The molecule has 0 aromatic heterocycles. The molecule has 2 aromatic carbocycles. The molecule has 2 aromatic rings. The number of benzene rings is 2. The molecule has 0 spiro atoms. The molecule has 3 N–H and O–H groups in total. The van der Waals surface area contributed by atoms with Crippen molar-refractivity contribution in [2.24, 2.45) is 0 Å². The van der Waals surface area contributed by atoms with Gasteiger partial charge in [0.15, 0.2) is 0 Å². The lowest BCUT2D eigenvalue weighted by Gasteiger charge is -2.23. The van der Waals surface area contributed by atoms with Crippen LogP contribution in [0.2, 0.25) is 0 Å². The third-order valence-corrected chi connectivity index (χ3v) is 5.33. The number of fused-ring (bicyclic) bond motifs is 1. The van der Waals surface area contributed by atoms with E-state index in [2.05, 4.69) is 10.6 Å². The SMILES string of the molecule is O=C(C[C@H]1Sc2ccccc2NC1=O)NC[C@H](O)c1ccc([N+](=O)[O-])cc1. The molecule has 0 unspecified atom stereocenters. The third-order valence-electron chi connectivity index (χ3n) is 4.06. The van der Waals surface area contributed by atoms with Gasteiger partial charge in [0.1, 0.15) is 0 Å². The summed E-state index contributed by atoms with van der Waals surface area (Å²) in [6, 6.07) is 12.8. The molecule has 0 bridgehead atoms. The molecule has 1 aliphatic heterocycles. The van der Waals surface area contributed by atoms with Crippen LogP contribution in [0.3, 0.4) is 0 Å². The van der Waals surface area contributed by atoms with Gasteiger partial charge >= 0.3 is 0 Å². The highest BCUT2D eigenvalue weighted by Crippen LogP contribution is 2.36. The normalized spacial score (nSPS) is 16.8. The van der Waals surface area contributed by atoms with Crippen LogP contribution < -0.4 is 10.6 Å². The first kappa shape index (κ1) is 18.9. The van der Waals surface area contributed by atoms with Gasteiger partial charge in [0.25, 0.3) is 5.69 Å². The molecule has 2 amide bonds. The zero-order chi connectivity index (χ0) is 19.4. The van der Waals surface area contributed by atoms with Crippen LogP contribution in [0, 0.1) is 10.1 Å². The molecule has 3 rings (SSSR count). The number of nitrogens with one attached hydrogen (secondary N) is 2. The summed E-state index contributed by atoms with van der Waals surface area (Å²) in [7, 11) is 0. The van der Waals surface area contributed by atoms with Crippen LogP contribution in [-0.4, -0.2) is 33.6 Å². The number of carbonyl (C=O) groups is 2. The van der Waals surface area contributed by atoms with Crippen molar-refractivity contribution in [3.8, 4) is 0 Å². The van der Waals surface area contributed by atoms with E-state index >= 15 is 0 Å². The van der Waals surface area contributed by atoms with Crippen molar-refractivity contribution in [1.82, 2.24) is 5.32 Å². The number of aliphatic hydroxyl groups is 1. The van der Waals surface area contributed by atoms with Crippen molar-refractivity contribution in [2.45, 2.75) is 22.7 Å². The second-order valence-electron chi connectivity index (χ2n) is 5.96. The minimum Gasteiger partial charge on any atom is -0.387 e. The molecule has 0 radical (unpaired) electrons. The number of amides is 2. The van der Waals surface area contributed by atoms with Crippen LogP contribution in [0.5, 0.6) is 0 Å². The van der Waals surface area contributed by atoms with Gasteiger partial charge in [0.2, 0.25) is 11.8 Å². The Labute approximate surface area is 159 Å². The smallest absolute Gasteiger partial charge is 0.269 e. The van der Waals surface area contributed by atoms with E-state index in [-0.39, 0.29) is 30.5 Å². The van der Waals surface area contributed by atoms with E-state index in [0.717, 1.165) is 10.6 Å². The number of thioether (sulfide) groups is 1. The summed E-state index contributed by atoms with van der Waals surface area (Å²) in [6.07, 6.45) is -1.01. The van der Waals surface area contributed by atoms with E-state index in [4.69, 9.17) is 0 Å². The van der Waals surface area contributed by atoms with Crippen molar-refractivity contribution in [3.05, 3.63) is 64.2 Å². The number of nitrogens with zero attached hydrogens (tertiary/aromatic N) is 1. The zero-order valence-electron chi connectivity index (χ0n) is 14.1. The Morgan fingerprint density at radius 3 is 2.67 bits per heavy atom. The van der Waals surface area contributed by atoms with Gasteiger partial charge in [0.05, 0.1) is 22.0 Å². The van der Waals surface area contributed by atoms with Gasteiger partial charge in [-0.25, -0.2) is 0 Å². The summed E-state index contributed by atoms with van der Waals surface area (Å²) < 4.78 is 0. The Hall–Kier alpha value is -2.91. The van der Waals surface area contributed by atoms with Crippen LogP contribution in [-0.2, 0) is 9.59 Å². The van der Waals surface area contributed by atoms with E-state index < -0.39 is 16.3 Å². The molecule has 140 valence electrons. The fourth-order valence-electron chi connectivity index (χ4n) is 2.61. The summed E-state index contributed by atoms with van der Waals surface area (Å²) in [4.78, 5) is 35.3. The second kappa shape index (κ2) is 8.19. The predicted molar refractivity (Wildman–Crippen MR) is 100 cm³/mol. The molecule has 27 heavy (non-hydrogen) atoms. The van der Waals surface area contributed by atoms with Crippen molar-refractivity contribution < 1.29 is 19.6 Å². The Bertz CT molecular complexity index is 872. The Morgan fingerprint density at radius 1 is 1.26 bits per heavy atom. The second-order valence-corrected chi connectivity index (χ2v) is 7.21. The first-order valence-corrected chi connectivity index (χ1v) is 9.07. The number of rotatable bonds is 6. The van der Waals surface area contributed by atoms with E-state index in [1.165, 1.54) is 36.0 Å². The number of aliphatic hydroxyl groups excluding tert-OH is 1. The van der Waals surface area contributed by atoms with Crippen LogP contribution in [0.4, 0.5) is 11.4 Å². The predicted octanol–water partition coefficient (Wildman–Crippen LogP) is 2.25. The van der Waals surface area contributed by atoms with E-state index in [9.17, 15) is 24.8 Å². The van der Waals surface area contributed by atoms with Gasteiger partial charge in [-0.15, -0.1) is 11.8 Å². The van der Waals surface area contributed by atoms with Crippen LogP contribution in [0.15, 0.2) is 53.4 Å². The minimum absolute atomic E-state index is 0.0161. The molecule has 8 nitrogen and oxygen atoms in total. The number of hydrogen-bond donors (Lipinski definition) is 3. The topological polar surface area (TPSA) is 122 Å². The van der Waals surface area contributed by atoms with Crippen LogP contribution in [0.1, 0.15) is 18.1 Å². The number of carbonyl (C=O) groups excluding carboxylic acids is 2. The van der Waals surface area contributed by atoms with Gasteiger partial charge in [-0.2, -0.15) is 0 Å². The Morgan fingerprint density at radius 2 is 1.96 bits per heavy atom. The van der Waals surface area contributed by atoms with Gasteiger partial charge in [0, 0.05) is 30.0 Å². The first-order chi connectivity index (χ1) is 12.9. The standard InChI is InChI=1S/C18H17N3O5S/c22-14(11-5-7-12(8-6-11)21(25)26)10-19-17(23)9-16-18(24)20-13-3-1-2-4-15(13)27-16/h1-8,14,16,22H,9-10H2,(H,19,23)(H,20,24)/t14-,16+/m0/s1. The van der Waals surface area contributed by atoms with E-state index in [1.807, 2.05) is 18.2 Å². The van der Waals surface area contributed by atoms with Gasteiger partial charge < -0.3 is 15.7 Å². The summed E-state index contributed by atoms with van der Waals surface area (Å²) in [6.45, 7) is -0.0494. The molecule has 0 saturated carbocycles. The highest BCUT2D eigenvalue weighted by atomic mass is 32.2. The maximum Gasteiger partial charge on any atom is 0.269 e. The minimum atomic E-state index is -0.997. The third kappa shape index (κ3) is 4.63. The monoisotopic (exact) mass is 387 g/mol. The molecule has 0 fully saturated rings. The van der Waals surface area contributed by atoms with E-state index in [0.29, 0.717) is 5.56 Å². The van der Waals surface area contributed by atoms with Gasteiger partial charge in [-0.1, -0.05) is 12.1 Å². The summed E-state index contributed by atoms with van der Waals surface area (Å²) in [5.41, 5.74) is 1.12. The number of para-hydroxylation sites is 1. The molecule has 2 atom stereocenters. The van der Waals surface area contributed by atoms with Crippen molar-refractivity contribution >= 4 is 35.0 Å². The average molecular weight is 387 g/mol. The van der Waals surface area contributed by atoms with Crippen LogP contribution >= 0.6 is 11.8 Å². The average Bonchev–Trinajstić information content (AvgIpc) is 2.66. The molecule has 0 saturated heterocycles. The number of hydrogen-bond acceptors (Lipinski definition) is 6. The highest BCUT2D eigenvalue weighted by molar-refractivity contribution is 8.01. The fourth-order valence-corrected chi connectivity index (χ4v) is 3.72. The summed E-state index contributed by atoms with van der Waals surface area (Å²) >= 11 is 1.33. The Balaban J connectivity index is 1.52. The number of nitro benzene ring substituents is 1. The zero-order valence-corrected chi connectivity index (χ0v) is 14.9. The maximum atomic E-state index is 12.1. The number of nitro groups is 1. The number of anilines is 1. The first-order valence-electron chi connectivity index (χ1n) is 8.19. The summed E-state index contributed by atoms with van der Waals surface area (Å²) in [5, 5.41) is 25.6. The largest absolute Gasteiger partial charge is 0.387 e. The lowest BCUT2D eigenvalue weighted by Crippen LogP contribution is -2.36. The molecule has 1 heterocycles. The van der Waals surface area contributed by atoms with Crippen molar-refractivity contribution in [1.29, 1.82) is 0 Å². The summed E-state index contributed by atoms with van der Waals surface area (Å²) in [5.74, 6) is -0.590. The van der Waals surface area contributed by atoms with Gasteiger partial charge in [-0.05, 0) is 29.8 Å². The van der Waals surface area contributed by atoms with Crippen molar-refractivity contribution in [3.63, 3.8) is 0 Å². The fraction of sp³-hybridized carbons (Fsp3) is 0.222.